The molecule has 35 heavy (non-hydrogen) atoms. The quantitative estimate of drug-likeness (QED) is 0.463. The number of hydrogen-bond acceptors (Lipinski definition) is 3. The van der Waals surface area contributed by atoms with Crippen molar-refractivity contribution in [2.24, 2.45) is 23.7 Å². The Morgan fingerprint density at radius 2 is 1.54 bits per heavy atom. The molecule has 0 radical (unpaired) electrons. The highest BCUT2D eigenvalue weighted by Gasteiger charge is 2.51. The van der Waals surface area contributed by atoms with Gasteiger partial charge in [0.25, 0.3) is 0 Å². The van der Waals surface area contributed by atoms with Crippen molar-refractivity contribution < 1.29 is 14.3 Å². The van der Waals surface area contributed by atoms with Crippen molar-refractivity contribution in [3.8, 4) is 0 Å². The Morgan fingerprint density at radius 1 is 0.943 bits per heavy atom. The predicted molar refractivity (Wildman–Crippen MR) is 138 cm³/mol. The van der Waals surface area contributed by atoms with Crippen LogP contribution in [0.1, 0.15) is 69.9 Å². The van der Waals surface area contributed by atoms with Crippen LogP contribution >= 0.6 is 0 Å². The largest absolute Gasteiger partial charge is 0.445 e. The Balaban J connectivity index is 1.21. The van der Waals surface area contributed by atoms with Crippen LogP contribution in [-0.2, 0) is 21.6 Å². The van der Waals surface area contributed by atoms with Gasteiger partial charge in [0.2, 0.25) is 5.91 Å². The van der Waals surface area contributed by atoms with Gasteiger partial charge < -0.3 is 15.4 Å². The van der Waals surface area contributed by atoms with E-state index in [0.717, 1.165) is 35.4 Å². The molecule has 0 aromatic heterocycles. The standard InChI is InChI=1S/C30H38N2O3/c1-3-20(2)27(32-29(34)35-19-21-7-5-4-6-8-21)28(33)31-26-11-9-25(10-12-26)30-16-22-13-23(17-30)15-24(14-22)18-30/h4-12,20,22-24,27H,3,13-19H2,1-2H3,(H,31,33)(H,32,34)/t20-,22?,23?,24?,27+,30?/m0/s1. The van der Waals surface area contributed by atoms with E-state index in [2.05, 4.69) is 22.8 Å². The second-order valence-corrected chi connectivity index (χ2v) is 11.3. The van der Waals surface area contributed by atoms with Gasteiger partial charge in [-0.2, -0.15) is 0 Å². The highest BCUT2D eigenvalue weighted by molar-refractivity contribution is 5.96. The Morgan fingerprint density at radius 3 is 2.11 bits per heavy atom. The van der Waals surface area contributed by atoms with E-state index in [4.69, 9.17) is 4.74 Å². The zero-order chi connectivity index (χ0) is 24.4. The molecule has 0 heterocycles. The summed E-state index contributed by atoms with van der Waals surface area (Å²) in [6.07, 6.45) is 8.48. The topological polar surface area (TPSA) is 67.4 Å². The minimum absolute atomic E-state index is 0.0226. The average molecular weight is 475 g/mol. The number of alkyl carbamates (subject to hydrolysis) is 1. The maximum atomic E-state index is 13.1. The number of rotatable bonds is 8. The fourth-order valence-electron chi connectivity index (χ4n) is 7.18. The first kappa shape index (κ1) is 23.9. The van der Waals surface area contributed by atoms with Crippen LogP contribution in [0.3, 0.4) is 0 Å². The number of hydrogen-bond donors (Lipinski definition) is 2. The van der Waals surface area contributed by atoms with Gasteiger partial charge in [0.05, 0.1) is 0 Å². The van der Waals surface area contributed by atoms with Gasteiger partial charge >= 0.3 is 6.09 Å². The van der Waals surface area contributed by atoms with Crippen LogP contribution in [0.2, 0.25) is 0 Å². The second kappa shape index (κ2) is 10.0. The summed E-state index contributed by atoms with van der Waals surface area (Å²) in [4.78, 5) is 25.6. The molecule has 4 saturated carbocycles. The van der Waals surface area contributed by atoms with Crippen LogP contribution in [-0.4, -0.2) is 18.0 Å². The van der Waals surface area contributed by atoms with Crippen molar-refractivity contribution in [3.63, 3.8) is 0 Å². The molecule has 2 N–H and O–H groups in total. The van der Waals surface area contributed by atoms with Crippen LogP contribution < -0.4 is 10.6 Å². The lowest BCUT2D eigenvalue weighted by molar-refractivity contribution is -0.119. The Kier molecular flexibility index (Phi) is 6.86. The van der Waals surface area contributed by atoms with E-state index in [1.54, 1.807) is 0 Å². The summed E-state index contributed by atoms with van der Waals surface area (Å²) in [5.41, 5.74) is 3.47. The summed E-state index contributed by atoms with van der Waals surface area (Å²) < 4.78 is 5.36. The smallest absolute Gasteiger partial charge is 0.408 e. The summed E-state index contributed by atoms with van der Waals surface area (Å²) in [5, 5.41) is 5.81. The van der Waals surface area contributed by atoms with Crippen LogP contribution in [0, 0.1) is 23.7 Å². The van der Waals surface area contributed by atoms with E-state index < -0.39 is 12.1 Å². The third-order valence-electron chi connectivity index (χ3n) is 8.78. The molecule has 2 aromatic rings. The van der Waals surface area contributed by atoms with Gasteiger partial charge in [-0.15, -0.1) is 0 Å². The van der Waals surface area contributed by atoms with E-state index in [9.17, 15) is 9.59 Å². The molecule has 4 bridgehead atoms. The molecule has 2 aromatic carbocycles. The van der Waals surface area contributed by atoms with Gasteiger partial charge in [-0.3, -0.25) is 4.79 Å². The summed E-state index contributed by atoms with van der Waals surface area (Å²) >= 11 is 0. The van der Waals surface area contributed by atoms with E-state index in [-0.39, 0.29) is 18.4 Å². The molecule has 5 nitrogen and oxygen atoms in total. The van der Waals surface area contributed by atoms with Gasteiger partial charge in [-0.1, -0.05) is 62.7 Å². The molecular weight excluding hydrogens is 436 g/mol. The number of anilines is 1. The van der Waals surface area contributed by atoms with Gasteiger partial charge in [0.15, 0.2) is 0 Å². The molecule has 186 valence electrons. The van der Waals surface area contributed by atoms with Crippen LogP contribution in [0.5, 0.6) is 0 Å². The van der Waals surface area contributed by atoms with Gasteiger partial charge in [-0.25, -0.2) is 4.79 Å². The monoisotopic (exact) mass is 474 g/mol. The molecule has 0 aliphatic heterocycles. The van der Waals surface area contributed by atoms with E-state index in [1.165, 1.54) is 44.1 Å². The molecule has 0 saturated heterocycles. The number of amides is 2. The number of carbonyl (C=O) groups excluding carboxylic acids is 2. The first-order valence-corrected chi connectivity index (χ1v) is 13.3. The van der Waals surface area contributed by atoms with Crippen molar-refractivity contribution in [2.75, 3.05) is 5.32 Å². The first-order valence-electron chi connectivity index (χ1n) is 13.3. The van der Waals surface area contributed by atoms with Gasteiger partial charge in [0, 0.05) is 5.69 Å². The lowest BCUT2D eigenvalue weighted by Crippen LogP contribution is -2.48. The van der Waals surface area contributed by atoms with Crippen molar-refractivity contribution in [3.05, 3.63) is 65.7 Å². The Hall–Kier alpha value is -2.82. The van der Waals surface area contributed by atoms with Crippen molar-refractivity contribution in [1.82, 2.24) is 5.32 Å². The molecule has 5 heteroatoms. The summed E-state index contributed by atoms with van der Waals surface area (Å²) in [7, 11) is 0. The Labute approximate surface area is 209 Å². The molecular formula is C30H38N2O3. The third-order valence-corrected chi connectivity index (χ3v) is 8.78. The minimum atomic E-state index is -0.661. The lowest BCUT2D eigenvalue weighted by Gasteiger charge is -2.57. The number of carbonyl (C=O) groups is 2. The molecule has 0 spiro atoms. The van der Waals surface area contributed by atoms with Crippen molar-refractivity contribution in [1.29, 1.82) is 0 Å². The molecule has 4 aliphatic rings. The number of nitrogens with one attached hydrogen (secondary N) is 2. The molecule has 4 fully saturated rings. The third kappa shape index (κ3) is 5.24. The van der Waals surface area contributed by atoms with Crippen LogP contribution in [0.4, 0.5) is 10.5 Å². The molecule has 2 amide bonds. The van der Waals surface area contributed by atoms with Crippen LogP contribution in [0.15, 0.2) is 54.6 Å². The fourth-order valence-corrected chi connectivity index (χ4v) is 7.18. The summed E-state index contributed by atoms with van der Waals surface area (Å²) in [5.74, 6) is 2.49. The highest BCUT2D eigenvalue weighted by atomic mass is 16.5. The molecule has 2 atom stereocenters. The Bertz CT molecular complexity index is 998. The maximum absolute atomic E-state index is 13.1. The normalized spacial score (nSPS) is 28.2. The maximum Gasteiger partial charge on any atom is 0.408 e. The number of benzene rings is 2. The minimum Gasteiger partial charge on any atom is -0.445 e. The molecule has 6 rings (SSSR count). The van der Waals surface area contributed by atoms with Gasteiger partial charge in [-0.05, 0) is 90.9 Å². The number of ether oxygens (including phenoxy) is 1. The van der Waals surface area contributed by atoms with E-state index in [0.29, 0.717) is 5.41 Å². The second-order valence-electron chi connectivity index (χ2n) is 11.3. The van der Waals surface area contributed by atoms with E-state index >= 15 is 0 Å². The lowest BCUT2D eigenvalue weighted by atomic mass is 9.48. The fraction of sp³-hybridized carbons (Fsp3) is 0.533. The van der Waals surface area contributed by atoms with Gasteiger partial charge in [0.1, 0.15) is 12.6 Å². The van der Waals surface area contributed by atoms with Crippen molar-refractivity contribution >= 4 is 17.7 Å². The SMILES string of the molecule is CC[C@H](C)[C@@H](NC(=O)OCc1ccccc1)C(=O)Nc1ccc(C23CC4CC(CC(C4)C2)C3)cc1. The average Bonchev–Trinajstić information content (AvgIpc) is 2.85. The zero-order valence-electron chi connectivity index (χ0n) is 21.0. The highest BCUT2D eigenvalue weighted by Crippen LogP contribution is 2.60. The summed E-state index contributed by atoms with van der Waals surface area (Å²) in [6, 6.07) is 17.4. The van der Waals surface area contributed by atoms with E-state index in [1.807, 2.05) is 56.3 Å². The van der Waals surface area contributed by atoms with Crippen molar-refractivity contribution in [2.45, 2.75) is 76.9 Å². The molecule has 4 aliphatic carbocycles. The first-order chi connectivity index (χ1) is 16.9. The van der Waals surface area contributed by atoms with Crippen LogP contribution in [0.25, 0.3) is 0 Å². The summed E-state index contributed by atoms with van der Waals surface area (Å²) in [6.45, 7) is 4.16. The predicted octanol–water partition coefficient (Wildman–Crippen LogP) is 6.43. The zero-order valence-corrected chi connectivity index (χ0v) is 21.0. The molecule has 0 unspecified atom stereocenters.